The van der Waals surface area contributed by atoms with Gasteiger partial charge in [0.15, 0.2) is 0 Å². The summed E-state index contributed by atoms with van der Waals surface area (Å²) in [5.74, 6) is 0.848. The van der Waals surface area contributed by atoms with Gasteiger partial charge in [-0.05, 0) is 12.0 Å². The van der Waals surface area contributed by atoms with Gasteiger partial charge in [-0.1, -0.05) is 24.3 Å². The Morgan fingerprint density at radius 1 is 1.15 bits per heavy atom. The Kier molecular flexibility index (Phi) is 1.50. The van der Waals surface area contributed by atoms with Gasteiger partial charge < -0.3 is 4.90 Å². The first kappa shape index (κ1) is 7.57. The highest BCUT2D eigenvalue weighted by atomic mass is 15.1. The molecule has 1 aromatic carbocycles. The molecular weight excluding hydrogens is 158 g/mol. The molecule has 13 heavy (non-hydrogen) atoms. The number of fused-ring (bicyclic) bond motifs is 2. The Morgan fingerprint density at radius 3 is 2.69 bits per heavy atom. The van der Waals surface area contributed by atoms with Gasteiger partial charge in [-0.25, -0.2) is 0 Å². The minimum Gasteiger partial charge on any atom is -0.331 e. The van der Waals surface area contributed by atoms with E-state index in [9.17, 15) is 0 Å². The van der Waals surface area contributed by atoms with E-state index in [1.165, 1.54) is 19.4 Å². The number of hydrogen-bond donors (Lipinski definition) is 1. The third-order valence-electron chi connectivity index (χ3n) is 3.78. The van der Waals surface area contributed by atoms with Crippen LogP contribution < -0.4 is 4.90 Å². The summed E-state index contributed by atoms with van der Waals surface area (Å²) < 4.78 is 0. The second-order valence-corrected chi connectivity index (χ2v) is 4.51. The van der Waals surface area contributed by atoms with E-state index >= 15 is 0 Å². The molecule has 1 unspecified atom stereocenters. The summed E-state index contributed by atoms with van der Waals surface area (Å²) in [5.41, 5.74) is 3.27. The average molecular weight is 174 g/mol. The summed E-state index contributed by atoms with van der Waals surface area (Å²) in [6.07, 6.45) is 2.81. The van der Waals surface area contributed by atoms with E-state index in [0.717, 1.165) is 12.0 Å². The molecule has 2 heterocycles. The van der Waals surface area contributed by atoms with Gasteiger partial charge in [0.25, 0.3) is 0 Å². The maximum absolute atomic E-state index is 2.34. The summed E-state index contributed by atoms with van der Waals surface area (Å²) in [5, 5.41) is 0. The Balaban J connectivity index is 2.16. The number of hydrogen-bond acceptors (Lipinski definition) is 0. The van der Waals surface area contributed by atoms with Crippen LogP contribution in [0.2, 0.25) is 0 Å². The molecule has 1 nitrogen and oxygen atoms in total. The molecule has 68 valence electrons. The second kappa shape index (κ2) is 2.58. The highest BCUT2D eigenvalue weighted by Crippen LogP contribution is 2.38. The fraction of sp³-hybridized carbons (Fsp3) is 0.500. The van der Waals surface area contributed by atoms with Gasteiger partial charge in [0.2, 0.25) is 0 Å². The molecule has 0 amide bonds. The highest BCUT2D eigenvalue weighted by Gasteiger charge is 2.39. The lowest BCUT2D eigenvalue weighted by atomic mass is 9.75. The predicted octanol–water partition coefficient (Wildman–Crippen LogP) is 1.13. The van der Waals surface area contributed by atoms with Crippen molar-refractivity contribution in [2.24, 2.45) is 0 Å². The lowest BCUT2D eigenvalue weighted by Crippen LogP contribution is -3.11. The Hall–Kier alpha value is -0.820. The Bertz CT molecular complexity index is 332. The van der Waals surface area contributed by atoms with Crippen LogP contribution in [0.25, 0.3) is 0 Å². The van der Waals surface area contributed by atoms with Gasteiger partial charge in [0.05, 0.1) is 13.6 Å². The summed E-state index contributed by atoms with van der Waals surface area (Å²) >= 11 is 0. The molecule has 0 spiro atoms. The molecular formula is C12H16N+. The number of likely N-dealkylation sites (N-methyl/N-ethyl adjacent to an activating group) is 1. The monoisotopic (exact) mass is 174 g/mol. The molecule has 0 radical (unpaired) electrons. The van der Waals surface area contributed by atoms with Crippen LogP contribution in [0.1, 0.15) is 35.9 Å². The van der Waals surface area contributed by atoms with E-state index in [1.54, 1.807) is 16.0 Å². The normalized spacial score (nSPS) is 35.9. The highest BCUT2D eigenvalue weighted by molar-refractivity contribution is 5.35. The van der Waals surface area contributed by atoms with E-state index in [1.807, 2.05) is 0 Å². The quantitative estimate of drug-likeness (QED) is 0.601. The van der Waals surface area contributed by atoms with Gasteiger partial charge in [0.1, 0.15) is 6.04 Å². The number of rotatable bonds is 0. The van der Waals surface area contributed by atoms with Gasteiger partial charge in [-0.15, -0.1) is 0 Å². The summed E-state index contributed by atoms with van der Waals surface area (Å²) in [4.78, 5) is 1.72. The van der Waals surface area contributed by atoms with Gasteiger partial charge in [-0.3, -0.25) is 0 Å². The van der Waals surface area contributed by atoms with Crippen LogP contribution in [0.4, 0.5) is 0 Å². The van der Waals surface area contributed by atoms with E-state index in [4.69, 9.17) is 0 Å². The molecule has 0 saturated carbocycles. The van der Waals surface area contributed by atoms with Crippen molar-refractivity contribution in [2.75, 3.05) is 13.6 Å². The molecule has 1 heteroatoms. The van der Waals surface area contributed by atoms with Crippen molar-refractivity contribution >= 4 is 0 Å². The summed E-state index contributed by atoms with van der Waals surface area (Å²) in [6.45, 7) is 1.35. The minimum absolute atomic E-state index is 0.793. The minimum atomic E-state index is 0.793. The van der Waals surface area contributed by atoms with Crippen molar-refractivity contribution in [3.63, 3.8) is 0 Å². The van der Waals surface area contributed by atoms with Crippen molar-refractivity contribution in [2.45, 2.75) is 24.8 Å². The van der Waals surface area contributed by atoms with E-state index in [2.05, 4.69) is 31.3 Å². The molecule has 3 atom stereocenters. The van der Waals surface area contributed by atoms with Crippen LogP contribution in [-0.2, 0) is 0 Å². The number of benzene rings is 1. The maximum Gasteiger partial charge on any atom is 0.113 e. The third kappa shape index (κ3) is 0.969. The zero-order valence-electron chi connectivity index (χ0n) is 8.09. The average Bonchev–Trinajstić information content (AvgIpc) is 2.19. The molecule has 1 aliphatic carbocycles. The van der Waals surface area contributed by atoms with Crippen molar-refractivity contribution in [1.82, 2.24) is 0 Å². The fourth-order valence-corrected chi connectivity index (χ4v) is 3.13. The number of piperidine rings is 1. The molecule has 2 bridgehead atoms. The van der Waals surface area contributed by atoms with Gasteiger partial charge >= 0.3 is 0 Å². The van der Waals surface area contributed by atoms with Crippen LogP contribution >= 0.6 is 0 Å². The topological polar surface area (TPSA) is 4.44 Å². The van der Waals surface area contributed by atoms with Gasteiger partial charge in [-0.2, -0.15) is 0 Å². The first-order valence-electron chi connectivity index (χ1n) is 5.27. The van der Waals surface area contributed by atoms with Crippen LogP contribution in [0.15, 0.2) is 24.3 Å². The lowest BCUT2D eigenvalue weighted by Gasteiger charge is -2.41. The lowest BCUT2D eigenvalue weighted by molar-refractivity contribution is -0.922. The standard InChI is InChI=1S/C12H15N/c1-13-8-9-6-7-12(13)11-5-3-2-4-10(9)11/h2-5,9,12H,6-8H2,1H3/p+1/t9-,12-/m0/s1. The smallest absolute Gasteiger partial charge is 0.113 e. The Labute approximate surface area is 79.4 Å². The molecule has 3 aliphatic rings. The van der Waals surface area contributed by atoms with E-state index in [0.29, 0.717) is 0 Å². The van der Waals surface area contributed by atoms with Crippen molar-refractivity contribution in [1.29, 1.82) is 0 Å². The molecule has 1 aromatic rings. The number of nitrogens with one attached hydrogen (secondary N) is 1. The zero-order valence-corrected chi connectivity index (χ0v) is 8.09. The van der Waals surface area contributed by atoms with E-state index in [-0.39, 0.29) is 0 Å². The zero-order chi connectivity index (χ0) is 8.84. The first-order chi connectivity index (χ1) is 6.36. The maximum atomic E-state index is 2.34. The molecule has 2 aliphatic heterocycles. The largest absolute Gasteiger partial charge is 0.331 e. The summed E-state index contributed by atoms with van der Waals surface area (Å²) in [6, 6.07) is 9.83. The van der Waals surface area contributed by atoms with Crippen LogP contribution in [0.3, 0.4) is 0 Å². The Morgan fingerprint density at radius 2 is 1.92 bits per heavy atom. The first-order valence-corrected chi connectivity index (χ1v) is 5.27. The van der Waals surface area contributed by atoms with Crippen LogP contribution in [-0.4, -0.2) is 13.6 Å². The SMILES string of the molecule is C[NH+]1C[C@@H]2CC[C@H]1c1ccccc12. The molecule has 0 aromatic heterocycles. The van der Waals surface area contributed by atoms with E-state index < -0.39 is 0 Å². The van der Waals surface area contributed by atoms with Crippen molar-refractivity contribution < 1.29 is 4.90 Å². The summed E-state index contributed by atoms with van der Waals surface area (Å²) in [7, 11) is 2.34. The third-order valence-corrected chi connectivity index (χ3v) is 3.78. The molecule has 1 N–H and O–H groups in total. The molecule has 1 fully saturated rings. The van der Waals surface area contributed by atoms with Gasteiger partial charge in [0, 0.05) is 17.9 Å². The number of quaternary nitrogens is 1. The fourth-order valence-electron chi connectivity index (χ4n) is 3.13. The predicted molar refractivity (Wildman–Crippen MR) is 52.9 cm³/mol. The van der Waals surface area contributed by atoms with Crippen LogP contribution in [0.5, 0.6) is 0 Å². The van der Waals surface area contributed by atoms with Crippen LogP contribution in [0, 0.1) is 0 Å². The second-order valence-electron chi connectivity index (χ2n) is 4.51. The molecule has 1 saturated heterocycles. The van der Waals surface area contributed by atoms with Crippen molar-refractivity contribution in [3.8, 4) is 0 Å². The molecule has 4 rings (SSSR count). The van der Waals surface area contributed by atoms with Crippen molar-refractivity contribution in [3.05, 3.63) is 35.4 Å².